The van der Waals surface area contributed by atoms with Crippen molar-refractivity contribution in [1.82, 2.24) is 19.2 Å². The van der Waals surface area contributed by atoms with Gasteiger partial charge in [0.15, 0.2) is 4.90 Å². The van der Waals surface area contributed by atoms with Crippen LogP contribution in [-0.2, 0) is 26.6 Å². The third-order valence-electron chi connectivity index (χ3n) is 4.79. The van der Waals surface area contributed by atoms with Crippen LogP contribution >= 0.6 is 0 Å². The molecule has 148 valence electrons. The van der Waals surface area contributed by atoms with Crippen LogP contribution in [0.5, 0.6) is 5.88 Å². The number of aromatic nitrogens is 2. The normalized spacial score (nSPS) is 25.7. The molecule has 3 rings (SSSR count). The molecule has 1 aliphatic heterocycles. The Kier molecular flexibility index (Phi) is 5.10. The monoisotopic (exact) mass is 406 g/mol. The lowest BCUT2D eigenvalue weighted by Gasteiger charge is -2.30. The minimum absolute atomic E-state index is 0.0265. The summed E-state index contributed by atoms with van der Waals surface area (Å²) in [6.07, 6.45) is 4.76. The highest BCUT2D eigenvalue weighted by Crippen LogP contribution is 2.33. The van der Waals surface area contributed by atoms with E-state index in [-0.39, 0.29) is 34.7 Å². The van der Waals surface area contributed by atoms with Crippen molar-refractivity contribution in [2.45, 2.75) is 50.6 Å². The number of ether oxygens (including phenoxy) is 1. The van der Waals surface area contributed by atoms with Crippen LogP contribution in [0, 0.1) is 11.3 Å². The first-order valence-electron chi connectivity index (χ1n) is 8.62. The Labute approximate surface area is 154 Å². The molecule has 2 aliphatic rings. The summed E-state index contributed by atoms with van der Waals surface area (Å²) in [5.74, 6) is 0.180. The molecule has 1 aromatic heterocycles. The van der Waals surface area contributed by atoms with E-state index in [9.17, 15) is 16.8 Å². The van der Waals surface area contributed by atoms with Gasteiger partial charge in [-0.3, -0.25) is 0 Å². The maximum absolute atomic E-state index is 12.7. The molecule has 0 spiro atoms. The molecule has 1 aliphatic carbocycles. The van der Waals surface area contributed by atoms with Crippen molar-refractivity contribution in [3.63, 3.8) is 0 Å². The summed E-state index contributed by atoms with van der Waals surface area (Å²) >= 11 is 0. The fraction of sp³-hybridized carbons (Fsp3) is 0.800. The summed E-state index contributed by atoms with van der Waals surface area (Å²) in [5.41, 5.74) is -0.109. The largest absolute Gasteiger partial charge is 0.476 e. The van der Waals surface area contributed by atoms with Crippen molar-refractivity contribution in [2.75, 3.05) is 19.4 Å². The fourth-order valence-corrected chi connectivity index (χ4v) is 5.55. The first-order chi connectivity index (χ1) is 12.0. The molecule has 0 saturated heterocycles. The molecule has 1 aromatic rings. The molecule has 0 bridgehead atoms. The predicted octanol–water partition coefficient (Wildman–Crippen LogP) is 0.298. The lowest BCUT2D eigenvalue weighted by Crippen LogP contribution is -2.41. The maximum atomic E-state index is 12.7. The molecule has 11 heteroatoms. The van der Waals surface area contributed by atoms with E-state index in [0.717, 1.165) is 19.1 Å². The second kappa shape index (κ2) is 6.77. The summed E-state index contributed by atoms with van der Waals surface area (Å²) in [7, 11) is -7.11. The average molecular weight is 407 g/mol. The predicted molar refractivity (Wildman–Crippen MR) is 95.8 cm³/mol. The van der Waals surface area contributed by atoms with Gasteiger partial charge in [-0.05, 0) is 18.8 Å². The highest BCUT2D eigenvalue weighted by atomic mass is 32.2. The maximum Gasteiger partial charge on any atom is 0.247 e. The molecule has 0 amide bonds. The topological polar surface area (TPSA) is 119 Å². The van der Waals surface area contributed by atoms with Crippen molar-refractivity contribution in [2.24, 2.45) is 11.3 Å². The Morgan fingerprint density at radius 1 is 1.31 bits per heavy atom. The number of hydrogen-bond donors (Lipinski definition) is 2. The second-order valence-electron chi connectivity index (χ2n) is 7.96. The van der Waals surface area contributed by atoms with Crippen LogP contribution in [0.4, 0.5) is 0 Å². The van der Waals surface area contributed by atoms with Gasteiger partial charge in [-0.1, -0.05) is 20.3 Å². The van der Waals surface area contributed by atoms with Crippen molar-refractivity contribution in [1.29, 1.82) is 0 Å². The number of fused-ring (bicyclic) bond motifs is 1. The van der Waals surface area contributed by atoms with E-state index in [1.807, 2.05) is 13.8 Å². The van der Waals surface area contributed by atoms with Crippen molar-refractivity contribution in [3.05, 3.63) is 6.20 Å². The third kappa shape index (κ3) is 4.38. The number of nitrogens with one attached hydrogen (secondary N) is 2. The van der Waals surface area contributed by atoms with E-state index in [4.69, 9.17) is 4.74 Å². The van der Waals surface area contributed by atoms with Crippen LogP contribution in [-0.4, -0.2) is 52.1 Å². The Morgan fingerprint density at radius 3 is 2.73 bits per heavy atom. The van der Waals surface area contributed by atoms with Gasteiger partial charge in [0.05, 0.1) is 25.6 Å². The minimum atomic E-state index is -3.79. The smallest absolute Gasteiger partial charge is 0.247 e. The third-order valence-corrected chi connectivity index (χ3v) is 6.92. The van der Waals surface area contributed by atoms with Crippen LogP contribution in [0.15, 0.2) is 11.1 Å². The van der Waals surface area contributed by atoms with E-state index in [0.29, 0.717) is 19.6 Å². The van der Waals surface area contributed by atoms with Gasteiger partial charge >= 0.3 is 0 Å². The minimum Gasteiger partial charge on any atom is -0.476 e. The van der Waals surface area contributed by atoms with Crippen molar-refractivity contribution < 1.29 is 21.6 Å². The molecule has 0 aromatic carbocycles. The Balaban J connectivity index is 1.70. The van der Waals surface area contributed by atoms with E-state index >= 15 is 0 Å². The number of rotatable bonds is 6. The van der Waals surface area contributed by atoms with Gasteiger partial charge in [-0.15, -0.1) is 0 Å². The average Bonchev–Trinajstić information content (AvgIpc) is 3.09. The fourth-order valence-electron chi connectivity index (χ4n) is 3.52. The first-order valence-corrected chi connectivity index (χ1v) is 12.0. The summed E-state index contributed by atoms with van der Waals surface area (Å²) < 4.78 is 60.7. The van der Waals surface area contributed by atoms with Gasteiger partial charge in [-0.2, -0.15) is 5.10 Å². The van der Waals surface area contributed by atoms with Crippen molar-refractivity contribution >= 4 is 20.0 Å². The van der Waals surface area contributed by atoms with Crippen LogP contribution in [0.2, 0.25) is 0 Å². The zero-order chi connectivity index (χ0) is 19.2. The van der Waals surface area contributed by atoms with Gasteiger partial charge in [0, 0.05) is 18.0 Å². The van der Waals surface area contributed by atoms with Gasteiger partial charge < -0.3 is 4.74 Å². The molecule has 0 radical (unpaired) electrons. The summed E-state index contributed by atoms with van der Waals surface area (Å²) in [6.45, 7) is 5.23. The molecule has 2 N–H and O–H groups in total. The Hall–Kier alpha value is -1.17. The lowest BCUT2D eigenvalue weighted by atomic mass is 9.94. The molecular formula is C15H26N4O5S2. The van der Waals surface area contributed by atoms with Crippen LogP contribution in [0.3, 0.4) is 0 Å². The summed E-state index contributed by atoms with van der Waals surface area (Å²) in [5, 5.41) is 4.14. The lowest BCUT2D eigenvalue weighted by molar-refractivity contribution is 0.0970. The van der Waals surface area contributed by atoms with Crippen LogP contribution < -0.4 is 14.2 Å². The van der Waals surface area contributed by atoms with Crippen molar-refractivity contribution in [3.8, 4) is 5.88 Å². The Bertz CT molecular complexity index is 876. The molecule has 2 atom stereocenters. The highest BCUT2D eigenvalue weighted by molar-refractivity contribution is 7.89. The first kappa shape index (κ1) is 19.6. The van der Waals surface area contributed by atoms with Crippen LogP contribution in [0.25, 0.3) is 0 Å². The van der Waals surface area contributed by atoms with E-state index in [2.05, 4.69) is 14.5 Å². The van der Waals surface area contributed by atoms with E-state index in [1.165, 1.54) is 6.20 Å². The molecule has 2 unspecified atom stereocenters. The molecule has 1 saturated carbocycles. The molecule has 1 fully saturated rings. The van der Waals surface area contributed by atoms with Gasteiger partial charge in [-0.25, -0.2) is 31.0 Å². The van der Waals surface area contributed by atoms with E-state index < -0.39 is 20.0 Å². The number of sulfonamides is 2. The molecule has 9 nitrogen and oxygen atoms in total. The summed E-state index contributed by atoms with van der Waals surface area (Å²) in [6, 6.07) is -0.245. The molecule has 2 heterocycles. The molecular weight excluding hydrogens is 380 g/mol. The SMILES string of the molecule is CC1(C)COc2c(S(=O)(=O)NCC3CCCC3NS(C)(=O)=O)cnn2C1. The van der Waals surface area contributed by atoms with Gasteiger partial charge in [0.2, 0.25) is 25.9 Å². The highest BCUT2D eigenvalue weighted by Gasteiger charge is 2.35. The zero-order valence-corrected chi connectivity index (χ0v) is 16.9. The second-order valence-corrected chi connectivity index (χ2v) is 11.5. The quantitative estimate of drug-likeness (QED) is 0.701. The summed E-state index contributed by atoms with van der Waals surface area (Å²) in [4.78, 5) is 0.0265. The Morgan fingerprint density at radius 2 is 2.04 bits per heavy atom. The van der Waals surface area contributed by atoms with Gasteiger partial charge in [0.25, 0.3) is 0 Å². The number of nitrogens with zero attached hydrogens (tertiary/aromatic N) is 2. The number of hydrogen-bond acceptors (Lipinski definition) is 6. The zero-order valence-electron chi connectivity index (χ0n) is 15.2. The molecule has 26 heavy (non-hydrogen) atoms. The van der Waals surface area contributed by atoms with Gasteiger partial charge in [0.1, 0.15) is 0 Å². The standard InChI is InChI=1S/C15H26N4O5S2/c1-15(2)9-19-14(24-10-15)13(8-16-19)26(22,23)17-7-11-5-4-6-12(11)18-25(3,20)21/h8,11-12,17-18H,4-7,9-10H2,1-3H3. The van der Waals surface area contributed by atoms with Crippen LogP contribution in [0.1, 0.15) is 33.1 Å². The van der Waals surface area contributed by atoms with E-state index in [1.54, 1.807) is 4.68 Å².